The number of carboxylic acids is 1. The topological polar surface area (TPSA) is 114 Å². The first kappa shape index (κ1) is 24.7. The summed E-state index contributed by atoms with van der Waals surface area (Å²) >= 11 is 0. The van der Waals surface area contributed by atoms with Crippen LogP contribution >= 0.6 is 0 Å². The minimum atomic E-state index is -0.864. The van der Waals surface area contributed by atoms with E-state index in [4.69, 9.17) is 14.6 Å². The molecule has 186 valence electrons. The van der Waals surface area contributed by atoms with E-state index >= 15 is 0 Å². The van der Waals surface area contributed by atoms with Crippen molar-refractivity contribution in [3.05, 3.63) is 59.7 Å². The summed E-state index contributed by atoms with van der Waals surface area (Å²) in [5, 5.41) is 14.6. The molecule has 3 N–H and O–H groups in total. The van der Waals surface area contributed by atoms with Crippen molar-refractivity contribution in [2.45, 2.75) is 38.2 Å². The van der Waals surface area contributed by atoms with E-state index in [9.17, 15) is 14.4 Å². The van der Waals surface area contributed by atoms with E-state index in [0.717, 1.165) is 0 Å². The highest BCUT2D eigenvalue weighted by molar-refractivity contribution is 5.79. The normalized spacial score (nSPS) is 19.5. The summed E-state index contributed by atoms with van der Waals surface area (Å²) in [6, 6.07) is 16.4. The number of alkyl carbamates (subject to hydrolysis) is 1. The van der Waals surface area contributed by atoms with Gasteiger partial charge in [-0.25, -0.2) is 4.79 Å². The van der Waals surface area contributed by atoms with Crippen LogP contribution in [-0.4, -0.2) is 55.5 Å². The molecule has 35 heavy (non-hydrogen) atoms. The van der Waals surface area contributed by atoms with Crippen LogP contribution in [0.1, 0.15) is 43.2 Å². The Balaban J connectivity index is 1.14. The molecule has 0 bridgehead atoms. The molecule has 1 heterocycles. The largest absolute Gasteiger partial charge is 0.481 e. The quantitative estimate of drug-likeness (QED) is 0.479. The van der Waals surface area contributed by atoms with Gasteiger partial charge in [0.15, 0.2) is 0 Å². The molecule has 0 radical (unpaired) electrons. The third-order valence-corrected chi connectivity index (χ3v) is 6.74. The van der Waals surface area contributed by atoms with Gasteiger partial charge in [0.2, 0.25) is 5.91 Å². The number of benzene rings is 2. The Morgan fingerprint density at radius 2 is 1.71 bits per heavy atom. The van der Waals surface area contributed by atoms with Crippen LogP contribution < -0.4 is 10.6 Å². The molecule has 3 atom stereocenters. The van der Waals surface area contributed by atoms with Crippen molar-refractivity contribution in [3.63, 3.8) is 0 Å². The van der Waals surface area contributed by atoms with Crippen LogP contribution in [0.4, 0.5) is 4.79 Å². The van der Waals surface area contributed by atoms with E-state index in [2.05, 4.69) is 34.9 Å². The van der Waals surface area contributed by atoms with Crippen LogP contribution in [0.5, 0.6) is 0 Å². The number of nitrogens with one attached hydrogen (secondary N) is 2. The average Bonchev–Trinajstić information content (AvgIpc) is 3.45. The number of carbonyl (C=O) groups excluding carboxylic acids is 2. The molecule has 1 aliphatic carbocycles. The molecule has 2 aliphatic rings. The van der Waals surface area contributed by atoms with Crippen LogP contribution in [0.25, 0.3) is 11.1 Å². The van der Waals surface area contributed by atoms with E-state index in [1.165, 1.54) is 22.3 Å². The van der Waals surface area contributed by atoms with Gasteiger partial charge in [-0.2, -0.15) is 0 Å². The second-order valence-electron chi connectivity index (χ2n) is 9.38. The Labute approximate surface area is 205 Å². The third kappa shape index (κ3) is 6.19. The summed E-state index contributed by atoms with van der Waals surface area (Å²) in [7, 11) is 0. The molecule has 0 spiro atoms. The highest BCUT2D eigenvalue weighted by Gasteiger charge is 2.31. The first-order valence-corrected chi connectivity index (χ1v) is 12.1. The lowest BCUT2D eigenvalue weighted by Gasteiger charge is -2.16. The van der Waals surface area contributed by atoms with Gasteiger partial charge in [0.25, 0.3) is 0 Å². The van der Waals surface area contributed by atoms with Crippen molar-refractivity contribution >= 4 is 18.0 Å². The van der Waals surface area contributed by atoms with Gasteiger partial charge >= 0.3 is 12.1 Å². The molecule has 8 heteroatoms. The molecule has 2 aromatic carbocycles. The lowest BCUT2D eigenvalue weighted by molar-refractivity contribution is -0.141. The summed E-state index contributed by atoms with van der Waals surface area (Å²) in [6.45, 7) is 3.13. The fourth-order valence-corrected chi connectivity index (χ4v) is 4.81. The van der Waals surface area contributed by atoms with Crippen molar-refractivity contribution in [3.8, 4) is 11.1 Å². The monoisotopic (exact) mass is 480 g/mol. The highest BCUT2D eigenvalue weighted by Crippen LogP contribution is 2.44. The fourth-order valence-electron chi connectivity index (χ4n) is 4.81. The molecular formula is C27H32N2O6. The second-order valence-corrected chi connectivity index (χ2v) is 9.38. The maximum absolute atomic E-state index is 12.3. The first-order valence-electron chi connectivity index (χ1n) is 12.1. The van der Waals surface area contributed by atoms with Crippen molar-refractivity contribution in [2.75, 3.05) is 26.3 Å². The summed E-state index contributed by atoms with van der Waals surface area (Å²) in [5.74, 6) is -1.39. The number of carbonyl (C=O) groups is 3. The second kappa shape index (κ2) is 11.4. The zero-order chi connectivity index (χ0) is 24.8. The minimum absolute atomic E-state index is 0.0189. The fraction of sp³-hybridized carbons (Fsp3) is 0.444. The highest BCUT2D eigenvalue weighted by atomic mass is 16.5. The number of carboxylic acid groups (broad SMARTS) is 1. The molecule has 2 amide bonds. The van der Waals surface area contributed by atoms with Crippen molar-refractivity contribution < 1.29 is 29.0 Å². The van der Waals surface area contributed by atoms with E-state index in [-0.39, 0.29) is 37.1 Å². The van der Waals surface area contributed by atoms with Gasteiger partial charge in [-0.1, -0.05) is 55.5 Å². The zero-order valence-corrected chi connectivity index (χ0v) is 19.9. The van der Waals surface area contributed by atoms with Gasteiger partial charge in [0.1, 0.15) is 6.61 Å². The van der Waals surface area contributed by atoms with E-state index in [1.807, 2.05) is 31.2 Å². The van der Waals surface area contributed by atoms with Gasteiger partial charge in [0, 0.05) is 25.4 Å². The zero-order valence-electron chi connectivity index (χ0n) is 19.9. The number of aliphatic carboxylic acids is 1. The summed E-state index contributed by atoms with van der Waals surface area (Å²) in [5.41, 5.74) is 4.71. The third-order valence-electron chi connectivity index (χ3n) is 6.74. The summed E-state index contributed by atoms with van der Waals surface area (Å²) in [6.07, 6.45) is 0.649. The van der Waals surface area contributed by atoms with Crippen molar-refractivity contribution in [1.29, 1.82) is 0 Å². The Morgan fingerprint density at radius 3 is 2.34 bits per heavy atom. The molecular weight excluding hydrogens is 448 g/mol. The Hall–Kier alpha value is -3.39. The number of ether oxygens (including phenoxy) is 2. The smallest absolute Gasteiger partial charge is 0.407 e. The average molecular weight is 481 g/mol. The number of hydrogen-bond acceptors (Lipinski definition) is 5. The molecule has 0 aromatic heterocycles. The van der Waals surface area contributed by atoms with E-state index < -0.39 is 18.0 Å². The van der Waals surface area contributed by atoms with Crippen molar-refractivity contribution in [1.82, 2.24) is 10.6 Å². The van der Waals surface area contributed by atoms with Crippen LogP contribution in [0.15, 0.2) is 48.5 Å². The van der Waals surface area contributed by atoms with Gasteiger partial charge in [0.05, 0.1) is 18.6 Å². The summed E-state index contributed by atoms with van der Waals surface area (Å²) in [4.78, 5) is 35.4. The number of hydrogen-bond donors (Lipinski definition) is 3. The van der Waals surface area contributed by atoms with Gasteiger partial charge in [-0.3, -0.25) is 9.59 Å². The summed E-state index contributed by atoms with van der Waals surface area (Å²) < 4.78 is 11.0. The van der Waals surface area contributed by atoms with Crippen LogP contribution in [0.3, 0.4) is 0 Å². The molecule has 4 rings (SSSR count). The molecule has 8 nitrogen and oxygen atoms in total. The van der Waals surface area contributed by atoms with Crippen molar-refractivity contribution in [2.24, 2.45) is 11.8 Å². The van der Waals surface area contributed by atoms with Gasteiger partial charge in [-0.15, -0.1) is 0 Å². The minimum Gasteiger partial charge on any atom is -0.481 e. The van der Waals surface area contributed by atoms with Gasteiger partial charge in [-0.05, 0) is 41.0 Å². The SMILES string of the molecule is CC(CCNC(=O)OCC1c2ccccc2-c2ccccc21)CC(=O)NCC1CC(C(=O)O)CO1. The van der Waals surface area contributed by atoms with E-state index in [1.54, 1.807) is 0 Å². The van der Waals surface area contributed by atoms with Crippen LogP contribution in [0.2, 0.25) is 0 Å². The maximum Gasteiger partial charge on any atom is 0.407 e. The Morgan fingerprint density at radius 1 is 1.06 bits per heavy atom. The predicted octanol–water partition coefficient (Wildman–Crippen LogP) is 3.55. The number of amides is 2. The van der Waals surface area contributed by atoms with Gasteiger partial charge < -0.3 is 25.2 Å². The number of rotatable bonds is 10. The predicted molar refractivity (Wildman–Crippen MR) is 130 cm³/mol. The molecule has 2 aromatic rings. The number of fused-ring (bicyclic) bond motifs is 3. The van der Waals surface area contributed by atoms with Crippen LogP contribution in [0, 0.1) is 11.8 Å². The lowest BCUT2D eigenvalue weighted by Crippen LogP contribution is -2.33. The Bertz CT molecular complexity index is 1030. The Kier molecular flexibility index (Phi) is 8.02. The first-order chi connectivity index (χ1) is 16.9. The lowest BCUT2D eigenvalue weighted by atomic mass is 9.98. The molecule has 1 fully saturated rings. The van der Waals surface area contributed by atoms with E-state index in [0.29, 0.717) is 32.4 Å². The van der Waals surface area contributed by atoms with Crippen LogP contribution in [-0.2, 0) is 19.1 Å². The molecule has 0 saturated carbocycles. The molecule has 1 saturated heterocycles. The standard InChI is InChI=1S/C27H32N2O6/c1-17(12-25(30)29-14-19-13-18(15-34-19)26(31)32)10-11-28-27(33)35-16-24-22-8-4-2-6-20(22)21-7-3-5-9-23(21)24/h2-9,17-19,24H,10-16H2,1H3,(H,28,33)(H,29,30)(H,31,32). The molecule has 3 unspecified atom stereocenters. The maximum atomic E-state index is 12.3. The molecule has 1 aliphatic heterocycles.